The number of rotatable bonds is 5. The molecule has 1 fully saturated rings. The van der Waals surface area contributed by atoms with Crippen LogP contribution in [0.15, 0.2) is 23.5 Å². The van der Waals surface area contributed by atoms with Crippen molar-refractivity contribution in [3.8, 4) is 0 Å². The van der Waals surface area contributed by atoms with Crippen molar-refractivity contribution in [2.75, 3.05) is 13.6 Å². The van der Waals surface area contributed by atoms with Gasteiger partial charge in [-0.15, -0.1) is 24.0 Å². The Morgan fingerprint density at radius 3 is 2.89 bits per heavy atom. The number of nitrogens with one attached hydrogen (secondary N) is 2. The van der Waals surface area contributed by atoms with Gasteiger partial charge in [0.25, 0.3) is 0 Å². The van der Waals surface area contributed by atoms with Crippen LogP contribution in [0.4, 0.5) is 0 Å². The Labute approximate surface area is 125 Å². The fourth-order valence-electron chi connectivity index (χ4n) is 1.68. The van der Waals surface area contributed by atoms with Crippen LogP contribution in [-0.4, -0.2) is 35.4 Å². The molecule has 1 heterocycles. The third kappa shape index (κ3) is 5.24. The number of hydrogen-bond donors (Lipinski definition) is 2. The fraction of sp³-hybridized carbons (Fsp3) is 0.667. The molecular formula is C12H22IN5. The van der Waals surface area contributed by atoms with E-state index in [0.29, 0.717) is 12.0 Å². The highest BCUT2D eigenvalue weighted by Gasteiger charge is 2.22. The van der Waals surface area contributed by atoms with Gasteiger partial charge < -0.3 is 10.6 Å². The van der Waals surface area contributed by atoms with Gasteiger partial charge in [0.2, 0.25) is 0 Å². The average Bonchev–Trinajstić information content (AvgIpc) is 3.00. The summed E-state index contributed by atoms with van der Waals surface area (Å²) < 4.78 is 1.96. The van der Waals surface area contributed by atoms with Crippen LogP contribution in [0, 0.1) is 5.92 Å². The second-order valence-corrected chi connectivity index (χ2v) is 4.70. The van der Waals surface area contributed by atoms with E-state index in [1.54, 1.807) is 0 Å². The first-order valence-electron chi connectivity index (χ1n) is 6.22. The zero-order valence-electron chi connectivity index (χ0n) is 11.0. The van der Waals surface area contributed by atoms with E-state index in [9.17, 15) is 0 Å². The summed E-state index contributed by atoms with van der Waals surface area (Å²) in [6.07, 6.45) is 6.34. The third-order valence-corrected chi connectivity index (χ3v) is 2.82. The van der Waals surface area contributed by atoms with Crippen molar-refractivity contribution in [3.05, 3.63) is 18.5 Å². The maximum Gasteiger partial charge on any atom is 0.191 e. The summed E-state index contributed by atoms with van der Waals surface area (Å²) in [4.78, 5) is 4.21. The van der Waals surface area contributed by atoms with Crippen LogP contribution in [0.25, 0.3) is 0 Å². The molecule has 1 aromatic heterocycles. The molecule has 18 heavy (non-hydrogen) atoms. The van der Waals surface area contributed by atoms with Crippen molar-refractivity contribution >= 4 is 29.9 Å². The van der Waals surface area contributed by atoms with Crippen LogP contribution < -0.4 is 10.6 Å². The zero-order chi connectivity index (χ0) is 12.1. The van der Waals surface area contributed by atoms with Gasteiger partial charge in [-0.25, -0.2) is 0 Å². The first-order chi connectivity index (χ1) is 8.28. The van der Waals surface area contributed by atoms with Gasteiger partial charge in [-0.1, -0.05) is 6.92 Å². The van der Waals surface area contributed by atoms with Crippen molar-refractivity contribution in [3.63, 3.8) is 0 Å². The molecule has 5 nitrogen and oxygen atoms in total. The van der Waals surface area contributed by atoms with Crippen molar-refractivity contribution in [1.29, 1.82) is 0 Å². The lowest BCUT2D eigenvalue weighted by Gasteiger charge is -2.15. The van der Waals surface area contributed by atoms with Gasteiger partial charge in [0.15, 0.2) is 5.96 Å². The van der Waals surface area contributed by atoms with Gasteiger partial charge in [0.05, 0.1) is 0 Å². The highest BCUT2D eigenvalue weighted by atomic mass is 127. The Hall–Kier alpha value is -0.790. The number of aromatic nitrogens is 2. The smallest absolute Gasteiger partial charge is 0.191 e. The SMILES string of the molecule is CN=C(NCC(C)Cn1cccn1)NC1CC1.I. The van der Waals surface area contributed by atoms with Crippen LogP contribution in [0.3, 0.4) is 0 Å². The molecule has 0 bridgehead atoms. The lowest BCUT2D eigenvalue weighted by atomic mass is 10.2. The van der Waals surface area contributed by atoms with E-state index in [4.69, 9.17) is 0 Å². The van der Waals surface area contributed by atoms with E-state index < -0.39 is 0 Å². The van der Waals surface area contributed by atoms with Gasteiger partial charge in [0, 0.05) is 38.6 Å². The molecule has 0 aliphatic heterocycles. The van der Waals surface area contributed by atoms with Gasteiger partial charge in [-0.2, -0.15) is 5.10 Å². The maximum atomic E-state index is 4.21. The zero-order valence-corrected chi connectivity index (χ0v) is 13.3. The third-order valence-electron chi connectivity index (χ3n) is 2.82. The van der Waals surface area contributed by atoms with E-state index in [-0.39, 0.29) is 24.0 Å². The molecule has 1 aliphatic rings. The standard InChI is InChI=1S/C12H21N5.HI/c1-10(9-17-7-3-6-15-17)8-14-12(13-2)16-11-4-5-11;/h3,6-7,10-11H,4-5,8-9H2,1-2H3,(H2,13,14,16);1H. The minimum absolute atomic E-state index is 0. The quantitative estimate of drug-likeness (QED) is 0.473. The van der Waals surface area contributed by atoms with Crippen LogP contribution in [0.1, 0.15) is 19.8 Å². The van der Waals surface area contributed by atoms with Crippen LogP contribution >= 0.6 is 24.0 Å². The Kier molecular flexibility index (Phi) is 6.45. The van der Waals surface area contributed by atoms with Crippen molar-refractivity contribution < 1.29 is 0 Å². The Bertz CT molecular complexity index is 359. The predicted octanol–water partition coefficient (Wildman–Crippen LogP) is 1.46. The second-order valence-electron chi connectivity index (χ2n) is 4.70. The highest BCUT2D eigenvalue weighted by molar-refractivity contribution is 14.0. The minimum atomic E-state index is 0. The predicted molar refractivity (Wildman–Crippen MR) is 84.3 cm³/mol. The van der Waals surface area contributed by atoms with Crippen molar-refractivity contribution in [1.82, 2.24) is 20.4 Å². The maximum absolute atomic E-state index is 4.21. The van der Waals surface area contributed by atoms with Crippen LogP contribution in [-0.2, 0) is 6.54 Å². The lowest BCUT2D eigenvalue weighted by Crippen LogP contribution is -2.41. The summed E-state index contributed by atoms with van der Waals surface area (Å²) in [5.74, 6) is 1.44. The molecule has 0 spiro atoms. The fourth-order valence-corrected chi connectivity index (χ4v) is 1.68. The molecule has 0 amide bonds. The molecule has 1 unspecified atom stereocenters. The highest BCUT2D eigenvalue weighted by Crippen LogP contribution is 2.18. The molecule has 6 heteroatoms. The molecule has 0 saturated heterocycles. The van der Waals surface area contributed by atoms with E-state index in [1.165, 1.54) is 12.8 Å². The number of guanidine groups is 1. The minimum Gasteiger partial charge on any atom is -0.356 e. The van der Waals surface area contributed by atoms with E-state index in [2.05, 4.69) is 27.6 Å². The average molecular weight is 363 g/mol. The normalized spacial score (nSPS) is 16.9. The molecule has 2 N–H and O–H groups in total. The summed E-state index contributed by atoms with van der Waals surface area (Å²) in [5, 5.41) is 10.9. The van der Waals surface area contributed by atoms with Crippen molar-refractivity contribution in [2.45, 2.75) is 32.4 Å². The van der Waals surface area contributed by atoms with E-state index in [0.717, 1.165) is 19.0 Å². The second kappa shape index (κ2) is 7.60. The summed E-state index contributed by atoms with van der Waals surface area (Å²) in [6, 6.07) is 2.59. The molecule has 0 radical (unpaired) electrons. The van der Waals surface area contributed by atoms with E-state index in [1.807, 2.05) is 30.2 Å². The lowest BCUT2D eigenvalue weighted by molar-refractivity contribution is 0.443. The van der Waals surface area contributed by atoms with Gasteiger partial charge in [-0.3, -0.25) is 9.67 Å². The molecule has 0 aromatic carbocycles. The number of hydrogen-bond acceptors (Lipinski definition) is 2. The molecule has 1 aliphatic carbocycles. The number of nitrogens with zero attached hydrogens (tertiary/aromatic N) is 3. The van der Waals surface area contributed by atoms with Gasteiger partial charge >= 0.3 is 0 Å². The first-order valence-corrected chi connectivity index (χ1v) is 6.22. The summed E-state index contributed by atoms with van der Waals surface area (Å²) in [7, 11) is 1.82. The largest absolute Gasteiger partial charge is 0.356 e. The van der Waals surface area contributed by atoms with Crippen LogP contribution in [0.2, 0.25) is 0 Å². The Balaban J connectivity index is 0.00000162. The van der Waals surface area contributed by atoms with Crippen molar-refractivity contribution in [2.24, 2.45) is 10.9 Å². The number of aliphatic imine (C=N–C) groups is 1. The topological polar surface area (TPSA) is 54.2 Å². The summed E-state index contributed by atoms with van der Waals surface area (Å²) in [6.45, 7) is 4.05. The molecule has 2 rings (SSSR count). The monoisotopic (exact) mass is 363 g/mol. The van der Waals surface area contributed by atoms with Crippen LogP contribution in [0.5, 0.6) is 0 Å². The molecule has 1 aromatic rings. The molecule has 102 valence electrons. The summed E-state index contributed by atoms with van der Waals surface area (Å²) in [5.41, 5.74) is 0. The molecular weight excluding hydrogens is 341 g/mol. The summed E-state index contributed by atoms with van der Waals surface area (Å²) >= 11 is 0. The molecule has 1 saturated carbocycles. The molecule has 1 atom stereocenters. The first kappa shape index (κ1) is 15.3. The van der Waals surface area contributed by atoms with Gasteiger partial charge in [0.1, 0.15) is 0 Å². The van der Waals surface area contributed by atoms with E-state index >= 15 is 0 Å². The number of halogens is 1. The Morgan fingerprint density at radius 2 is 2.33 bits per heavy atom. The Morgan fingerprint density at radius 1 is 1.56 bits per heavy atom. The van der Waals surface area contributed by atoms with Gasteiger partial charge in [-0.05, 0) is 24.8 Å².